The van der Waals surface area contributed by atoms with E-state index in [0.29, 0.717) is 30.2 Å². The molecule has 4 nitrogen and oxygen atoms in total. The lowest BCUT2D eigenvalue weighted by Gasteiger charge is -2.34. The first-order valence-corrected chi connectivity index (χ1v) is 11.3. The van der Waals surface area contributed by atoms with Crippen LogP contribution in [0.1, 0.15) is 59.8 Å². The maximum Gasteiger partial charge on any atom is 0.347 e. The van der Waals surface area contributed by atoms with E-state index in [2.05, 4.69) is 25.7 Å². The Labute approximate surface area is 195 Å². The fourth-order valence-electron chi connectivity index (χ4n) is 4.13. The van der Waals surface area contributed by atoms with Gasteiger partial charge in [-0.05, 0) is 44.9 Å². The molecule has 1 aliphatic rings. The molecule has 0 atom stereocenters. The van der Waals surface area contributed by atoms with Crippen molar-refractivity contribution in [3.8, 4) is 11.5 Å². The van der Waals surface area contributed by atoms with Gasteiger partial charge in [0, 0.05) is 35.3 Å². The zero-order valence-corrected chi connectivity index (χ0v) is 19.7. The van der Waals surface area contributed by atoms with Crippen molar-refractivity contribution in [2.45, 2.75) is 59.4 Å². The van der Waals surface area contributed by atoms with Crippen LogP contribution in [0.3, 0.4) is 0 Å². The number of carbonyl (C=O) groups is 1. The summed E-state index contributed by atoms with van der Waals surface area (Å²) in [5, 5.41) is 0. The van der Waals surface area contributed by atoms with E-state index in [1.807, 2.05) is 36.4 Å². The first-order chi connectivity index (χ1) is 15.8. The van der Waals surface area contributed by atoms with Crippen molar-refractivity contribution in [2.24, 2.45) is 0 Å². The van der Waals surface area contributed by atoms with Crippen molar-refractivity contribution >= 4 is 5.97 Å². The normalized spacial score (nSPS) is 13.6. The molecule has 0 saturated carbocycles. The van der Waals surface area contributed by atoms with Gasteiger partial charge in [-0.2, -0.15) is 0 Å². The molecule has 0 bridgehead atoms. The first kappa shape index (κ1) is 23.0. The maximum atomic E-state index is 15.6. The summed E-state index contributed by atoms with van der Waals surface area (Å²) >= 11 is 0. The highest BCUT2D eigenvalue weighted by Gasteiger charge is 2.37. The average molecular weight is 448 g/mol. The van der Waals surface area contributed by atoms with Gasteiger partial charge in [0.2, 0.25) is 0 Å². The number of fused-ring (bicyclic) bond motifs is 1. The van der Waals surface area contributed by atoms with Gasteiger partial charge >= 0.3 is 5.97 Å². The molecule has 0 unspecified atom stereocenters. The van der Waals surface area contributed by atoms with Crippen LogP contribution >= 0.6 is 0 Å². The molecule has 172 valence electrons. The van der Waals surface area contributed by atoms with Crippen molar-refractivity contribution in [1.82, 2.24) is 4.90 Å². The minimum atomic E-state index is -0.614. The lowest BCUT2D eigenvalue weighted by atomic mass is 9.98. The molecule has 0 amide bonds. The number of ether oxygens (including phenoxy) is 2. The monoisotopic (exact) mass is 447 g/mol. The van der Waals surface area contributed by atoms with Gasteiger partial charge < -0.3 is 9.47 Å². The van der Waals surface area contributed by atoms with E-state index in [4.69, 9.17) is 9.47 Å². The van der Waals surface area contributed by atoms with E-state index in [-0.39, 0.29) is 29.1 Å². The molecule has 3 aromatic rings. The minimum absolute atomic E-state index is 0.110. The summed E-state index contributed by atoms with van der Waals surface area (Å²) in [6, 6.07) is 18.6. The third-order valence-electron chi connectivity index (χ3n) is 6.64. The fourth-order valence-corrected chi connectivity index (χ4v) is 4.13. The van der Waals surface area contributed by atoms with Crippen LogP contribution in [0, 0.1) is 12.7 Å². The Balaban J connectivity index is 1.77. The molecule has 0 radical (unpaired) electrons. The number of rotatable bonds is 7. The van der Waals surface area contributed by atoms with E-state index >= 15 is 4.39 Å². The van der Waals surface area contributed by atoms with Gasteiger partial charge in [-0.15, -0.1) is 0 Å². The molecule has 1 heterocycles. The van der Waals surface area contributed by atoms with Gasteiger partial charge in [0.1, 0.15) is 29.5 Å². The summed E-state index contributed by atoms with van der Waals surface area (Å²) in [4.78, 5) is 15.5. The molecule has 0 fully saturated rings. The summed E-state index contributed by atoms with van der Waals surface area (Å²) < 4.78 is 27.4. The van der Waals surface area contributed by atoms with E-state index in [1.54, 1.807) is 31.2 Å². The molecule has 1 aliphatic heterocycles. The number of benzene rings is 3. The van der Waals surface area contributed by atoms with Crippen molar-refractivity contribution in [1.29, 1.82) is 0 Å². The second-order valence-electron chi connectivity index (χ2n) is 9.10. The van der Waals surface area contributed by atoms with Gasteiger partial charge in [-0.1, -0.05) is 55.5 Å². The third-order valence-corrected chi connectivity index (χ3v) is 6.64. The van der Waals surface area contributed by atoms with Crippen molar-refractivity contribution in [3.05, 3.63) is 94.3 Å². The van der Waals surface area contributed by atoms with E-state index < -0.39 is 5.97 Å². The number of nitrogens with zero attached hydrogens (tertiary/aromatic N) is 1. The SMILES string of the molecule is CCC(C)(C)N1Cc2c(F)c(C)c(C(=O)Oc3ccccc3)c(OCc3ccccc3)c2C1. The van der Waals surface area contributed by atoms with Crippen molar-refractivity contribution in [2.75, 3.05) is 0 Å². The number of hydrogen-bond acceptors (Lipinski definition) is 4. The lowest BCUT2D eigenvalue weighted by Crippen LogP contribution is -2.39. The second-order valence-corrected chi connectivity index (χ2v) is 9.10. The molecule has 3 aromatic carbocycles. The Morgan fingerprint density at radius 3 is 2.24 bits per heavy atom. The Bertz CT molecular complexity index is 1140. The van der Waals surface area contributed by atoms with E-state index in [1.165, 1.54) is 0 Å². The number of halogens is 1. The highest BCUT2D eigenvalue weighted by molar-refractivity contribution is 5.96. The first-order valence-electron chi connectivity index (χ1n) is 11.3. The largest absolute Gasteiger partial charge is 0.488 e. The minimum Gasteiger partial charge on any atom is -0.488 e. The standard InChI is InChI=1S/C28H30FNO3/c1-5-28(3,4)30-16-22-23(17-30)26(32-18-20-12-8-6-9-13-20)24(19(2)25(22)29)27(31)33-21-14-10-7-11-15-21/h6-15H,5,16-18H2,1-4H3. The smallest absolute Gasteiger partial charge is 0.347 e. The van der Waals surface area contributed by atoms with E-state index in [0.717, 1.165) is 17.5 Å². The summed E-state index contributed by atoms with van der Waals surface area (Å²) in [6.07, 6.45) is 0.921. The highest BCUT2D eigenvalue weighted by atomic mass is 19.1. The molecule has 33 heavy (non-hydrogen) atoms. The zero-order chi connectivity index (χ0) is 23.6. The molecular weight excluding hydrogens is 417 g/mol. The summed E-state index contributed by atoms with van der Waals surface area (Å²) in [5.41, 5.74) is 2.61. The molecule has 0 spiro atoms. The van der Waals surface area contributed by atoms with Gasteiger partial charge in [0.05, 0.1) is 0 Å². The lowest BCUT2D eigenvalue weighted by molar-refractivity contribution is 0.0727. The topological polar surface area (TPSA) is 38.8 Å². The predicted octanol–water partition coefficient (Wildman–Crippen LogP) is 6.44. The third kappa shape index (κ3) is 4.64. The quantitative estimate of drug-likeness (QED) is 0.309. The van der Waals surface area contributed by atoms with E-state index in [9.17, 15) is 4.79 Å². The van der Waals surface area contributed by atoms with Crippen LogP contribution in [-0.4, -0.2) is 16.4 Å². The van der Waals surface area contributed by atoms with Gasteiger partial charge in [0.25, 0.3) is 0 Å². The molecular formula is C28H30FNO3. The summed E-state index contributed by atoms with van der Waals surface area (Å²) in [5.74, 6) is -0.142. The van der Waals surface area contributed by atoms with Crippen LogP contribution in [-0.2, 0) is 19.7 Å². The number of hydrogen-bond donors (Lipinski definition) is 0. The molecule has 0 aromatic heterocycles. The Hall–Kier alpha value is -3.18. The second kappa shape index (κ2) is 9.36. The highest BCUT2D eigenvalue weighted by Crippen LogP contribution is 2.42. The average Bonchev–Trinajstić information content (AvgIpc) is 3.28. The Kier molecular flexibility index (Phi) is 6.52. The maximum absolute atomic E-state index is 15.6. The molecule has 5 heteroatoms. The Morgan fingerprint density at radius 1 is 1.00 bits per heavy atom. The molecule has 0 N–H and O–H groups in total. The van der Waals surface area contributed by atoms with Gasteiger partial charge in [-0.3, -0.25) is 4.90 Å². The van der Waals surface area contributed by atoms with Gasteiger partial charge in [-0.25, -0.2) is 9.18 Å². The summed E-state index contributed by atoms with van der Waals surface area (Å²) in [6.45, 7) is 9.33. The van der Waals surface area contributed by atoms with Crippen LogP contribution in [0.5, 0.6) is 11.5 Å². The Morgan fingerprint density at radius 2 is 1.61 bits per heavy atom. The zero-order valence-electron chi connectivity index (χ0n) is 19.7. The van der Waals surface area contributed by atoms with Crippen molar-refractivity contribution in [3.63, 3.8) is 0 Å². The van der Waals surface area contributed by atoms with Crippen LogP contribution < -0.4 is 9.47 Å². The van der Waals surface area contributed by atoms with Gasteiger partial charge in [0.15, 0.2) is 0 Å². The van der Waals surface area contributed by atoms with Crippen LogP contribution in [0.2, 0.25) is 0 Å². The number of carbonyl (C=O) groups excluding carboxylic acids is 1. The van der Waals surface area contributed by atoms with Crippen LogP contribution in [0.25, 0.3) is 0 Å². The fraction of sp³-hybridized carbons (Fsp3) is 0.321. The van der Waals surface area contributed by atoms with Crippen LogP contribution in [0.4, 0.5) is 4.39 Å². The molecule has 4 rings (SSSR count). The predicted molar refractivity (Wildman–Crippen MR) is 127 cm³/mol. The molecule has 0 aliphatic carbocycles. The van der Waals surface area contributed by atoms with Crippen molar-refractivity contribution < 1.29 is 18.7 Å². The number of para-hydroxylation sites is 1. The molecule has 0 saturated heterocycles. The summed E-state index contributed by atoms with van der Waals surface area (Å²) in [7, 11) is 0. The number of esters is 1. The van der Waals surface area contributed by atoms with Crippen LogP contribution in [0.15, 0.2) is 60.7 Å².